The predicted octanol–water partition coefficient (Wildman–Crippen LogP) is 5.88. The number of esters is 2. The third-order valence-electron chi connectivity index (χ3n) is 7.66. The first kappa shape index (κ1) is 34.0. The number of nitrogens with one attached hydrogen (secondary N) is 1. The third-order valence-corrected chi connectivity index (χ3v) is 8.59. The molecule has 3 rings (SSSR count). The van der Waals surface area contributed by atoms with E-state index in [0.717, 1.165) is 5.56 Å². The summed E-state index contributed by atoms with van der Waals surface area (Å²) in [5.74, 6) is -1.54. The number of amides is 2. The van der Waals surface area contributed by atoms with Gasteiger partial charge in [-0.05, 0) is 45.1 Å². The Morgan fingerprint density at radius 2 is 1.79 bits per heavy atom. The summed E-state index contributed by atoms with van der Waals surface area (Å²) < 4.78 is 16.2. The zero-order valence-corrected chi connectivity index (χ0v) is 27.4. The molecule has 1 aliphatic carbocycles. The lowest BCUT2D eigenvalue weighted by Gasteiger charge is -2.34. The number of hydrogen-bond acceptors (Lipinski definition) is 9. The number of aromatic nitrogens is 1. The van der Waals surface area contributed by atoms with E-state index in [9.17, 15) is 19.2 Å². The van der Waals surface area contributed by atoms with Crippen molar-refractivity contribution >= 4 is 35.3 Å². The lowest BCUT2D eigenvalue weighted by atomic mass is 9.95. The molecule has 1 saturated carbocycles. The monoisotopic (exact) mass is 615 g/mol. The molecule has 0 radical (unpaired) electrons. The van der Waals surface area contributed by atoms with Crippen LogP contribution in [0.5, 0.6) is 0 Å². The van der Waals surface area contributed by atoms with Crippen LogP contribution in [0.15, 0.2) is 35.7 Å². The Morgan fingerprint density at radius 1 is 1.14 bits per heavy atom. The molecule has 10 nitrogen and oxygen atoms in total. The van der Waals surface area contributed by atoms with Crippen molar-refractivity contribution in [3.8, 4) is 0 Å². The molecule has 1 heterocycles. The Kier molecular flexibility index (Phi) is 11.0. The van der Waals surface area contributed by atoms with Crippen molar-refractivity contribution in [2.24, 2.45) is 11.8 Å². The summed E-state index contributed by atoms with van der Waals surface area (Å²) >= 11 is 1.22. The Morgan fingerprint density at radius 3 is 2.35 bits per heavy atom. The van der Waals surface area contributed by atoms with Crippen molar-refractivity contribution in [2.45, 2.75) is 96.9 Å². The van der Waals surface area contributed by atoms with Crippen LogP contribution in [0.3, 0.4) is 0 Å². The van der Waals surface area contributed by atoms with Crippen LogP contribution in [0, 0.1) is 11.8 Å². The van der Waals surface area contributed by atoms with Gasteiger partial charge in [0.05, 0.1) is 13.0 Å². The quantitative estimate of drug-likeness (QED) is 0.232. The zero-order chi connectivity index (χ0) is 32.1. The standard InChI is InChI=1S/C32H45N3O7S/c1-19(2)25(35(8)30(39)42-31(5,6)7)15-26(41-21(4)36)28-33-24(18-43-28)27(37)34-32(16-20(3)29(38)40-9)17-23(32)22-13-11-10-12-14-22/h10-14,18-20,23,25-26H,15-17H2,1-9H3,(H,34,37)/t20?,23?,25-,26-,32?/m1/s1. The summed E-state index contributed by atoms with van der Waals surface area (Å²) in [6, 6.07) is 9.56. The molecule has 3 unspecified atom stereocenters. The first-order chi connectivity index (χ1) is 20.1. The van der Waals surface area contributed by atoms with Crippen molar-refractivity contribution < 1.29 is 33.4 Å². The maximum atomic E-state index is 13.6. The van der Waals surface area contributed by atoms with Gasteiger partial charge in [-0.25, -0.2) is 9.78 Å². The van der Waals surface area contributed by atoms with E-state index in [4.69, 9.17) is 14.2 Å². The van der Waals surface area contributed by atoms with Crippen molar-refractivity contribution in [2.75, 3.05) is 14.2 Å². The molecule has 0 saturated heterocycles. The van der Waals surface area contributed by atoms with Crippen molar-refractivity contribution in [1.82, 2.24) is 15.2 Å². The van der Waals surface area contributed by atoms with E-state index in [0.29, 0.717) is 17.8 Å². The summed E-state index contributed by atoms with van der Waals surface area (Å²) in [4.78, 5) is 56.9. The minimum Gasteiger partial charge on any atom is -0.469 e. The van der Waals surface area contributed by atoms with Crippen LogP contribution >= 0.6 is 11.3 Å². The van der Waals surface area contributed by atoms with Gasteiger partial charge in [-0.2, -0.15) is 0 Å². The molecule has 2 amide bonds. The molecule has 1 aromatic heterocycles. The number of ether oxygens (including phenoxy) is 3. The first-order valence-corrected chi connectivity index (χ1v) is 15.5. The van der Waals surface area contributed by atoms with Gasteiger partial charge in [-0.1, -0.05) is 51.1 Å². The molecule has 236 valence electrons. The van der Waals surface area contributed by atoms with Gasteiger partial charge >= 0.3 is 18.0 Å². The average molecular weight is 616 g/mol. The van der Waals surface area contributed by atoms with Crippen LogP contribution in [-0.2, 0) is 23.8 Å². The second-order valence-electron chi connectivity index (χ2n) is 12.7. The van der Waals surface area contributed by atoms with Crippen molar-refractivity contribution in [1.29, 1.82) is 0 Å². The Bertz CT molecular complexity index is 1290. The fourth-order valence-corrected chi connectivity index (χ4v) is 6.31. The number of benzene rings is 1. The SMILES string of the molecule is COC(=O)C(C)CC1(NC(=O)c2csc([C@@H](C[C@H](C(C)C)N(C)C(=O)OC(C)(C)C)OC(C)=O)n2)CC1c1ccccc1. The molecule has 43 heavy (non-hydrogen) atoms. The summed E-state index contributed by atoms with van der Waals surface area (Å²) in [6.07, 6.45) is 0.136. The van der Waals surface area contributed by atoms with Gasteiger partial charge in [0.25, 0.3) is 5.91 Å². The molecular weight excluding hydrogens is 570 g/mol. The Hall–Kier alpha value is -3.47. The van der Waals surface area contributed by atoms with Gasteiger partial charge in [0.2, 0.25) is 0 Å². The summed E-state index contributed by atoms with van der Waals surface area (Å²) in [6.45, 7) is 12.5. The average Bonchev–Trinajstić information content (AvgIpc) is 3.37. The van der Waals surface area contributed by atoms with Gasteiger partial charge < -0.3 is 24.4 Å². The van der Waals surface area contributed by atoms with Crippen LogP contribution < -0.4 is 5.32 Å². The maximum Gasteiger partial charge on any atom is 0.410 e. The Balaban J connectivity index is 1.82. The van der Waals surface area contributed by atoms with E-state index in [1.165, 1.54) is 30.3 Å². The summed E-state index contributed by atoms with van der Waals surface area (Å²) in [5, 5.41) is 5.26. The third kappa shape index (κ3) is 9.01. The molecule has 0 aliphatic heterocycles. The lowest BCUT2D eigenvalue weighted by Crippen LogP contribution is -2.44. The number of carbonyl (C=O) groups excluding carboxylic acids is 4. The van der Waals surface area contributed by atoms with Gasteiger partial charge in [-0.15, -0.1) is 11.3 Å². The second kappa shape index (κ2) is 13.9. The molecule has 1 aliphatic rings. The number of carbonyl (C=O) groups is 4. The normalized spacial score (nSPS) is 20.0. The van der Waals surface area contributed by atoms with Crippen LogP contribution in [0.25, 0.3) is 0 Å². The fourth-order valence-electron chi connectivity index (χ4n) is 5.47. The van der Waals surface area contributed by atoms with Crippen molar-refractivity contribution in [3.63, 3.8) is 0 Å². The first-order valence-electron chi connectivity index (χ1n) is 14.6. The van der Waals surface area contributed by atoms with E-state index in [1.54, 1.807) is 40.1 Å². The van der Waals surface area contributed by atoms with E-state index >= 15 is 0 Å². The molecule has 5 atom stereocenters. The van der Waals surface area contributed by atoms with Crippen molar-refractivity contribution in [3.05, 3.63) is 52.0 Å². The maximum absolute atomic E-state index is 13.6. The minimum absolute atomic E-state index is 0.0137. The predicted molar refractivity (Wildman–Crippen MR) is 164 cm³/mol. The summed E-state index contributed by atoms with van der Waals surface area (Å²) in [5.41, 5.74) is 0.00158. The van der Waals surface area contributed by atoms with Gasteiger partial charge in [-0.3, -0.25) is 14.4 Å². The highest BCUT2D eigenvalue weighted by molar-refractivity contribution is 7.09. The highest BCUT2D eigenvalue weighted by Gasteiger charge is 2.57. The number of thiazole rings is 1. The van der Waals surface area contributed by atoms with E-state index < -0.39 is 35.2 Å². The number of rotatable bonds is 12. The largest absolute Gasteiger partial charge is 0.469 e. The lowest BCUT2D eigenvalue weighted by molar-refractivity contribution is -0.148. The second-order valence-corrected chi connectivity index (χ2v) is 13.6. The van der Waals surface area contributed by atoms with Crippen LogP contribution in [0.1, 0.15) is 101 Å². The number of nitrogens with zero attached hydrogens (tertiary/aromatic N) is 2. The minimum atomic E-state index is -0.771. The molecule has 0 spiro atoms. The molecular formula is C32H45N3O7S. The van der Waals surface area contributed by atoms with E-state index in [-0.39, 0.29) is 41.9 Å². The number of methoxy groups -OCH3 is 1. The smallest absolute Gasteiger partial charge is 0.410 e. The molecule has 11 heteroatoms. The summed E-state index contributed by atoms with van der Waals surface area (Å²) in [7, 11) is 3.02. The van der Waals surface area contributed by atoms with Gasteiger partial charge in [0, 0.05) is 43.3 Å². The molecule has 0 bridgehead atoms. The molecule has 2 aromatic rings. The fraction of sp³-hybridized carbons (Fsp3) is 0.594. The van der Waals surface area contributed by atoms with E-state index in [1.807, 2.05) is 44.2 Å². The molecule has 1 N–H and O–H groups in total. The molecule has 1 fully saturated rings. The highest BCUT2D eigenvalue weighted by Crippen LogP contribution is 2.55. The van der Waals surface area contributed by atoms with Crippen LogP contribution in [-0.4, -0.2) is 65.2 Å². The highest BCUT2D eigenvalue weighted by atomic mass is 32.1. The Labute approximate surface area is 258 Å². The molecule has 1 aromatic carbocycles. The van der Waals surface area contributed by atoms with Crippen LogP contribution in [0.4, 0.5) is 4.79 Å². The van der Waals surface area contributed by atoms with Gasteiger partial charge in [0.1, 0.15) is 16.3 Å². The topological polar surface area (TPSA) is 124 Å². The van der Waals surface area contributed by atoms with E-state index in [2.05, 4.69) is 10.3 Å². The number of hydrogen-bond donors (Lipinski definition) is 1. The van der Waals surface area contributed by atoms with Crippen LogP contribution in [0.2, 0.25) is 0 Å². The zero-order valence-electron chi connectivity index (χ0n) is 26.6. The van der Waals surface area contributed by atoms with Gasteiger partial charge in [0.15, 0.2) is 6.10 Å².